The summed E-state index contributed by atoms with van der Waals surface area (Å²) < 4.78 is 111. The third-order valence-electron chi connectivity index (χ3n) is 25.0. The van der Waals surface area contributed by atoms with Gasteiger partial charge >= 0.3 is 87.4 Å². The Labute approximate surface area is 874 Å². The molecule has 4 aromatic carbocycles. The molecule has 11 aliphatic rings. The van der Waals surface area contributed by atoms with Crippen LogP contribution in [0.3, 0.4) is 0 Å². The van der Waals surface area contributed by atoms with E-state index in [1.54, 1.807) is 89.3 Å². The second-order valence-corrected chi connectivity index (χ2v) is 44.2. The molecule has 4 aromatic heterocycles. The molecule has 8 aromatic rings. The van der Waals surface area contributed by atoms with Crippen molar-refractivity contribution >= 4 is 153 Å². The summed E-state index contributed by atoms with van der Waals surface area (Å²) in [6.07, 6.45) is 29.0. The average molecular weight is 2060 g/mol. The number of aromatic nitrogens is 4. The Balaban J connectivity index is 0.000000179. The molecule has 5 aliphatic carbocycles. The Bertz CT molecular complexity index is 6300. The monoisotopic (exact) mass is 2060 g/mol. The van der Waals surface area contributed by atoms with Gasteiger partial charge in [0.15, 0.2) is 24.2 Å². The summed E-state index contributed by atoms with van der Waals surface area (Å²) in [6.45, 7) is 27.8. The summed E-state index contributed by atoms with van der Waals surface area (Å²) >= 11 is 9.53. The van der Waals surface area contributed by atoms with E-state index in [0.717, 1.165) is 128 Å². The number of anilines is 3. The molecule has 0 spiro atoms. The Hall–Kier alpha value is -9.78. The van der Waals surface area contributed by atoms with Crippen LogP contribution in [0.2, 0.25) is 19.6 Å². The van der Waals surface area contributed by atoms with E-state index in [2.05, 4.69) is 30.4 Å². The van der Waals surface area contributed by atoms with Gasteiger partial charge in [-0.1, -0.05) is 48.2 Å². The molecule has 0 radical (unpaired) electrons. The number of hydrogen-bond acceptors (Lipinski definition) is 24. The van der Waals surface area contributed by atoms with Gasteiger partial charge < -0.3 is 81.9 Å². The standard InChI is InChI=1S/C26H32FN3O6.C21H22FN3O3.C19H18FN3O3.C16H13F2NO4.C11H21NO2.C4H8O.C3H9OSi.CH2Cl2.CH4.K/c1-5-35-24(33)18-13-30(15-8-9-15)21-17(23(18)32)11-20(27)22(19(21)14-31)29-10-6-7-16(29)12-28-25(34)36-26(2,3)4;1-2-28-21(27)16-11-25(12-5-6-12)18-14(20(16)26)8-17(22)19-15(18)10-23-9-13-4-3-7-24(13)19;20-15-6-12-16(13-8-21-7-11-2-1-5-22(11)17(13)15)23(10-3-4-10)9-14(18(12)24)19(25)26;1-2-23-16(22)10-6-19(8-3-4-8)14-9(15(10)21)5-12(17)13(18)11(14)7-20;1-11(2,3)14-10(13)12-8-9-6-4-5-7-9;1-2-4-5-3-1;1-5(2,3)4;2-1-3;;/h11,13-16H,5-10,12H2,1-4H3,(H,28,34);8,10-13H,2-7,9H2,1H3;6,8-11H,1-5,7H2,(H,25,26);5-8H,2-4H2,1H3;9H,4-8H2,1-3H3,(H,12,13);1-4H2;1-3H3;1H2;1H4;/q;;;;;;-1;;;+1. The van der Waals surface area contributed by atoms with E-state index < -0.39 is 100 Å². The average Bonchev–Trinajstić information content (AvgIpc) is 1.39. The molecule has 2 amide bonds. The van der Waals surface area contributed by atoms with Crippen molar-refractivity contribution in [2.75, 3.05) is 98.9 Å². The molecule has 3 unspecified atom stereocenters. The van der Waals surface area contributed by atoms with Gasteiger partial charge in [-0.3, -0.25) is 38.8 Å². The molecule has 5 saturated carbocycles. The number of fused-ring (bicyclic) bond motifs is 12. The SMILES string of the molecule is C.C1CCOC1.CC(C)(C)OC(=O)NCC1CCCC1.CCOC(=O)c1cn(C2CC2)c2c(C=O)c(F)c(F)cc2c1=O.CCOC(=O)c1cn(C2CC2)c2c(C=O)c(N3CCCC3CNC(=O)OC(C)(C)C)c(F)cc2c1=O.CCOC(=O)c1cn(C2CC2)c2c3c(c(F)cc2c1=O)N1CCCC1CN=C3.C[Si](C)(C)[O-].ClCCl.O=C(O)c1cn(C2CC2)c2c3c(c(F)cc2c1=O)N1CCCC1CN=C3.[K+]. The van der Waals surface area contributed by atoms with Crippen LogP contribution < -0.4 is 103 Å². The number of esters is 3. The second kappa shape index (κ2) is 50.4. The van der Waals surface area contributed by atoms with Crippen LogP contribution in [-0.4, -0.2) is 206 Å². The quantitative estimate of drug-likeness (QED) is 0.0179. The molecule has 3 atom stereocenters. The van der Waals surface area contributed by atoms with Gasteiger partial charge in [-0.05, 0) is 208 Å². The number of carboxylic acid groups (broad SMARTS) is 1. The van der Waals surface area contributed by atoms with Crippen molar-refractivity contribution in [3.63, 3.8) is 0 Å². The molecule has 9 fully saturated rings. The number of carboxylic acids is 1. The molecule has 31 nitrogen and oxygen atoms in total. The van der Waals surface area contributed by atoms with Crippen LogP contribution in [0.4, 0.5) is 48.6 Å². The van der Waals surface area contributed by atoms with E-state index in [9.17, 15) is 76.2 Å². The normalized spacial score (nSPS) is 18.0. The summed E-state index contributed by atoms with van der Waals surface area (Å²) in [7, 11) is -1.86. The molecule has 4 saturated heterocycles. The van der Waals surface area contributed by atoms with Crippen molar-refractivity contribution in [2.24, 2.45) is 15.9 Å². The van der Waals surface area contributed by atoms with Crippen LogP contribution >= 0.6 is 23.2 Å². The van der Waals surface area contributed by atoms with Gasteiger partial charge in [0.05, 0.1) is 110 Å². The summed E-state index contributed by atoms with van der Waals surface area (Å²) in [5.74, 6) is -7.11. The fourth-order valence-corrected chi connectivity index (χ4v) is 18.4. The summed E-state index contributed by atoms with van der Waals surface area (Å²) in [5, 5.41) is 15.2. The molecular formula is C102H129Cl2F5KN11O20Si. The van der Waals surface area contributed by atoms with Gasteiger partial charge in [-0.15, -0.1) is 23.2 Å². The van der Waals surface area contributed by atoms with Gasteiger partial charge in [-0.25, -0.2) is 50.7 Å². The zero-order chi connectivity index (χ0) is 102. The van der Waals surface area contributed by atoms with Gasteiger partial charge in [-0.2, -0.15) is 0 Å². The van der Waals surface area contributed by atoms with E-state index in [4.69, 9.17) is 51.6 Å². The summed E-state index contributed by atoms with van der Waals surface area (Å²) in [5.41, 5.74) is -0.847. The smallest absolute Gasteiger partial charge is 0.859 e. The fraction of sp³-hybridized carbons (Fsp3) is 0.549. The number of carbonyl (C=O) groups excluding carboxylic acids is 7. The van der Waals surface area contributed by atoms with Crippen LogP contribution in [0, 0.1) is 35.0 Å². The molecule has 142 heavy (non-hydrogen) atoms. The van der Waals surface area contributed by atoms with Crippen LogP contribution in [0.25, 0.3) is 43.6 Å². The number of alkyl carbamates (subject to hydrolysis) is 2. The Kier molecular flexibility index (Phi) is 40.5. The molecule has 10 heterocycles. The van der Waals surface area contributed by atoms with Gasteiger partial charge in [0.2, 0.25) is 21.7 Å². The van der Waals surface area contributed by atoms with Crippen molar-refractivity contribution in [1.29, 1.82) is 0 Å². The van der Waals surface area contributed by atoms with Crippen molar-refractivity contribution < 1.29 is 150 Å². The number of aliphatic imine (C=N–C) groups is 2. The number of pyridine rings is 4. The number of alkyl halides is 2. The molecule has 3 N–H and O–H groups in total. The van der Waals surface area contributed by atoms with Crippen LogP contribution in [0.15, 0.2) is 78.2 Å². The molecular weight excluding hydrogens is 1930 g/mol. The van der Waals surface area contributed by atoms with E-state index in [1.807, 2.05) is 29.9 Å². The third-order valence-corrected chi connectivity index (χ3v) is 25.0. The largest absolute Gasteiger partial charge is 1.00 e. The number of halogens is 7. The first kappa shape index (κ1) is 114. The van der Waals surface area contributed by atoms with Gasteiger partial charge in [0, 0.05) is 137 Å². The van der Waals surface area contributed by atoms with Crippen LogP contribution in [0.1, 0.15) is 296 Å². The van der Waals surface area contributed by atoms with E-state index in [1.165, 1.54) is 73.8 Å². The number of carbonyl (C=O) groups is 8. The molecule has 766 valence electrons. The van der Waals surface area contributed by atoms with Crippen molar-refractivity contribution in [3.8, 4) is 0 Å². The number of aromatic carboxylic acids is 1. The number of nitrogens with zero attached hydrogens (tertiary/aromatic N) is 9. The maximum Gasteiger partial charge on any atom is 1.00 e. The first-order valence-corrected chi connectivity index (χ1v) is 52.7. The van der Waals surface area contributed by atoms with Crippen molar-refractivity contribution in [1.82, 2.24) is 28.9 Å². The number of ether oxygens (including phenoxy) is 6. The molecule has 0 bridgehead atoms. The van der Waals surface area contributed by atoms with E-state index in [0.29, 0.717) is 77.3 Å². The topological polar surface area (TPSA) is 382 Å². The number of benzene rings is 4. The minimum absolute atomic E-state index is 0. The minimum Gasteiger partial charge on any atom is -0.859 e. The Morgan fingerprint density at radius 1 is 0.479 bits per heavy atom. The van der Waals surface area contributed by atoms with Crippen molar-refractivity contribution in [3.05, 3.63) is 164 Å². The predicted octanol–water partition coefficient (Wildman–Crippen LogP) is 14.9. The number of amides is 2. The summed E-state index contributed by atoms with van der Waals surface area (Å²) in [6, 6.07) is 4.76. The zero-order valence-electron chi connectivity index (χ0n) is 82.3. The van der Waals surface area contributed by atoms with Gasteiger partial charge in [0.25, 0.3) is 0 Å². The van der Waals surface area contributed by atoms with E-state index in [-0.39, 0.29) is 211 Å². The first-order chi connectivity index (χ1) is 66.6. The van der Waals surface area contributed by atoms with Crippen LogP contribution in [-0.2, 0) is 28.4 Å². The summed E-state index contributed by atoms with van der Waals surface area (Å²) in [4.78, 5) is 172. The maximum atomic E-state index is 15.6. The Morgan fingerprint density at radius 3 is 1.16 bits per heavy atom. The molecule has 40 heteroatoms. The van der Waals surface area contributed by atoms with E-state index >= 15 is 13.2 Å². The number of aldehydes is 2. The number of hydrogen-bond donors (Lipinski definition) is 3. The predicted molar refractivity (Wildman–Crippen MR) is 534 cm³/mol. The minimum atomic E-state index is -1.86. The number of rotatable bonds is 18. The van der Waals surface area contributed by atoms with Gasteiger partial charge in [0.1, 0.15) is 50.9 Å². The zero-order valence-corrected chi connectivity index (χ0v) is 87.9. The second-order valence-electron chi connectivity index (χ2n) is 39.2. The maximum absolute atomic E-state index is 15.6. The van der Waals surface area contributed by atoms with Crippen molar-refractivity contribution in [2.45, 2.75) is 271 Å². The Morgan fingerprint density at radius 2 is 0.810 bits per heavy atom. The number of nitrogens with one attached hydrogen (secondary N) is 2. The fourth-order valence-electron chi connectivity index (χ4n) is 18.4. The third kappa shape index (κ3) is 28.3. The first-order valence-electron chi connectivity index (χ1n) is 48.2. The van der Waals surface area contributed by atoms with Crippen LogP contribution in [0.5, 0.6) is 0 Å². The molecule has 6 aliphatic heterocycles. The molecule has 19 rings (SSSR count).